The van der Waals surface area contributed by atoms with Gasteiger partial charge in [-0.2, -0.15) is 10.2 Å². The van der Waals surface area contributed by atoms with Crippen LogP contribution in [0.2, 0.25) is 0 Å². The number of carbonyl (C=O) groups excluding carboxylic acids is 1. The maximum atomic E-state index is 12.6. The quantitative estimate of drug-likeness (QED) is 0.467. The zero-order valence-electron chi connectivity index (χ0n) is 20.2. The maximum absolute atomic E-state index is 12.6. The van der Waals surface area contributed by atoms with E-state index in [0.29, 0.717) is 18.7 Å². The van der Waals surface area contributed by atoms with E-state index in [1.807, 2.05) is 65.9 Å². The standard InChI is InChI=1S/C27H29N7O2/c1-32-16-22(14-30-32)18-3-2-4-19(9-18)26-28-12-21(13-29-26)23-15-31-34(17-23)24-5-7-33(8-6-24)27(36)20-10-25(35)11-20/h2-4,9,12-17,20,24-25,35H,5-8,10-11H2,1H3. The summed E-state index contributed by atoms with van der Waals surface area (Å²) in [6.45, 7) is 1.47. The Bertz CT molecular complexity index is 1360. The molecule has 1 aliphatic heterocycles. The van der Waals surface area contributed by atoms with Gasteiger partial charge in [0.1, 0.15) is 0 Å². The molecule has 2 aliphatic rings. The molecule has 4 aromatic rings. The van der Waals surface area contributed by atoms with Gasteiger partial charge in [0.2, 0.25) is 5.91 Å². The highest BCUT2D eigenvalue weighted by Gasteiger charge is 2.37. The Morgan fingerprint density at radius 3 is 2.28 bits per heavy atom. The molecule has 3 aromatic heterocycles. The van der Waals surface area contributed by atoms with Gasteiger partial charge >= 0.3 is 0 Å². The van der Waals surface area contributed by atoms with Gasteiger partial charge in [-0.3, -0.25) is 14.2 Å². The van der Waals surface area contributed by atoms with Crippen molar-refractivity contribution in [2.24, 2.45) is 13.0 Å². The number of aryl methyl sites for hydroxylation is 1. The van der Waals surface area contributed by atoms with Gasteiger partial charge in [-0.25, -0.2) is 9.97 Å². The van der Waals surface area contributed by atoms with E-state index in [2.05, 4.69) is 32.3 Å². The minimum Gasteiger partial charge on any atom is -0.393 e. The van der Waals surface area contributed by atoms with Crippen LogP contribution in [0.25, 0.3) is 33.6 Å². The fourth-order valence-corrected chi connectivity index (χ4v) is 5.12. The van der Waals surface area contributed by atoms with Gasteiger partial charge < -0.3 is 10.0 Å². The number of aliphatic hydroxyl groups excluding tert-OH is 1. The van der Waals surface area contributed by atoms with Crippen molar-refractivity contribution < 1.29 is 9.90 Å². The second-order valence-electron chi connectivity index (χ2n) is 9.87. The lowest BCUT2D eigenvalue weighted by Gasteiger charge is -2.38. The maximum Gasteiger partial charge on any atom is 0.225 e. The highest BCUT2D eigenvalue weighted by atomic mass is 16.3. The van der Waals surface area contributed by atoms with Gasteiger partial charge in [0, 0.05) is 73.1 Å². The number of aliphatic hydroxyl groups is 1. The number of hydrogen-bond acceptors (Lipinski definition) is 6. The summed E-state index contributed by atoms with van der Waals surface area (Å²) < 4.78 is 3.80. The Balaban J connectivity index is 1.11. The summed E-state index contributed by atoms with van der Waals surface area (Å²) in [7, 11) is 1.91. The molecule has 1 saturated heterocycles. The lowest BCUT2D eigenvalue weighted by atomic mass is 9.81. The Hall–Kier alpha value is -3.85. The molecule has 1 aromatic carbocycles. The summed E-state index contributed by atoms with van der Waals surface area (Å²) in [6.07, 6.45) is 14.1. The van der Waals surface area contributed by atoms with E-state index in [9.17, 15) is 9.90 Å². The van der Waals surface area contributed by atoms with Crippen LogP contribution >= 0.6 is 0 Å². The topological polar surface area (TPSA) is 102 Å². The number of carbonyl (C=O) groups is 1. The van der Waals surface area contributed by atoms with Gasteiger partial charge in [-0.1, -0.05) is 18.2 Å². The van der Waals surface area contributed by atoms with Crippen LogP contribution in [-0.2, 0) is 11.8 Å². The predicted molar refractivity (Wildman–Crippen MR) is 134 cm³/mol. The first-order valence-corrected chi connectivity index (χ1v) is 12.5. The fourth-order valence-electron chi connectivity index (χ4n) is 5.12. The molecule has 1 N–H and O–H groups in total. The minimum atomic E-state index is -0.297. The van der Waals surface area contributed by atoms with Crippen molar-refractivity contribution in [3.8, 4) is 33.6 Å². The third-order valence-electron chi connectivity index (χ3n) is 7.36. The molecule has 0 radical (unpaired) electrons. The molecule has 1 aliphatic carbocycles. The predicted octanol–water partition coefficient (Wildman–Crippen LogP) is 3.34. The largest absolute Gasteiger partial charge is 0.393 e. The van der Waals surface area contributed by atoms with Crippen LogP contribution in [0.1, 0.15) is 31.7 Å². The average molecular weight is 484 g/mol. The van der Waals surface area contributed by atoms with Crippen LogP contribution in [-0.4, -0.2) is 64.6 Å². The van der Waals surface area contributed by atoms with Crippen molar-refractivity contribution in [3.63, 3.8) is 0 Å². The monoisotopic (exact) mass is 483 g/mol. The Morgan fingerprint density at radius 2 is 1.58 bits per heavy atom. The van der Waals surface area contributed by atoms with E-state index in [1.54, 1.807) is 4.68 Å². The summed E-state index contributed by atoms with van der Waals surface area (Å²) in [5.41, 5.74) is 4.99. The van der Waals surface area contributed by atoms with Crippen LogP contribution < -0.4 is 0 Å². The Morgan fingerprint density at radius 1 is 0.889 bits per heavy atom. The molecule has 6 rings (SSSR count). The highest BCUT2D eigenvalue weighted by molar-refractivity contribution is 5.80. The number of nitrogens with zero attached hydrogens (tertiary/aromatic N) is 7. The summed E-state index contributed by atoms with van der Waals surface area (Å²) in [4.78, 5) is 23.7. The van der Waals surface area contributed by atoms with Crippen molar-refractivity contribution in [1.82, 2.24) is 34.4 Å². The fraction of sp³-hybridized carbons (Fsp3) is 0.370. The Kier molecular flexibility index (Phi) is 5.85. The minimum absolute atomic E-state index is 0.00801. The lowest BCUT2D eigenvalue weighted by molar-refractivity contribution is -0.143. The van der Waals surface area contributed by atoms with Crippen LogP contribution in [0.4, 0.5) is 0 Å². The molecule has 1 saturated carbocycles. The van der Waals surface area contributed by atoms with E-state index >= 15 is 0 Å². The van der Waals surface area contributed by atoms with Crippen molar-refractivity contribution in [3.05, 3.63) is 61.4 Å². The van der Waals surface area contributed by atoms with Gasteiger partial charge in [-0.15, -0.1) is 0 Å². The molecule has 0 unspecified atom stereocenters. The van der Waals surface area contributed by atoms with E-state index < -0.39 is 0 Å². The normalized spacial score (nSPS) is 20.3. The summed E-state index contributed by atoms with van der Waals surface area (Å²) in [6, 6.07) is 8.42. The molecule has 9 nitrogen and oxygen atoms in total. The van der Waals surface area contributed by atoms with Crippen LogP contribution in [0.5, 0.6) is 0 Å². The molecule has 1 amide bonds. The molecular weight excluding hydrogens is 454 g/mol. The number of rotatable bonds is 5. The summed E-state index contributed by atoms with van der Waals surface area (Å²) in [5.74, 6) is 0.879. The zero-order chi connectivity index (χ0) is 24.6. The van der Waals surface area contributed by atoms with E-state index in [-0.39, 0.29) is 24.0 Å². The second-order valence-corrected chi connectivity index (χ2v) is 9.87. The molecule has 0 spiro atoms. The van der Waals surface area contributed by atoms with Crippen molar-refractivity contribution in [2.75, 3.05) is 13.1 Å². The van der Waals surface area contributed by atoms with Crippen LogP contribution in [0, 0.1) is 5.92 Å². The number of piperidine rings is 1. The zero-order valence-corrected chi connectivity index (χ0v) is 20.2. The third kappa shape index (κ3) is 4.42. The number of benzene rings is 1. The third-order valence-corrected chi connectivity index (χ3v) is 7.36. The van der Waals surface area contributed by atoms with E-state index in [4.69, 9.17) is 0 Å². The van der Waals surface area contributed by atoms with E-state index in [0.717, 1.165) is 53.7 Å². The van der Waals surface area contributed by atoms with Crippen molar-refractivity contribution in [1.29, 1.82) is 0 Å². The number of hydrogen-bond donors (Lipinski definition) is 1. The molecule has 184 valence electrons. The van der Waals surface area contributed by atoms with Gasteiger partial charge in [0.15, 0.2) is 5.82 Å². The number of likely N-dealkylation sites (tertiary alicyclic amines) is 1. The number of amides is 1. The Labute approximate surface area is 209 Å². The first-order valence-electron chi connectivity index (χ1n) is 12.5. The first-order chi connectivity index (χ1) is 17.5. The summed E-state index contributed by atoms with van der Waals surface area (Å²) >= 11 is 0. The summed E-state index contributed by atoms with van der Waals surface area (Å²) in [5, 5.41) is 18.3. The highest BCUT2D eigenvalue weighted by Crippen LogP contribution is 2.32. The molecule has 0 bridgehead atoms. The molecule has 4 heterocycles. The number of aromatic nitrogens is 6. The molecule has 9 heteroatoms. The van der Waals surface area contributed by atoms with Gasteiger partial charge in [0.05, 0.1) is 24.5 Å². The first kappa shape index (κ1) is 22.6. The van der Waals surface area contributed by atoms with Crippen molar-refractivity contribution >= 4 is 5.91 Å². The van der Waals surface area contributed by atoms with Gasteiger partial charge in [-0.05, 0) is 37.3 Å². The van der Waals surface area contributed by atoms with Gasteiger partial charge in [0.25, 0.3) is 0 Å². The van der Waals surface area contributed by atoms with Crippen LogP contribution in [0.3, 0.4) is 0 Å². The smallest absolute Gasteiger partial charge is 0.225 e. The van der Waals surface area contributed by atoms with Crippen LogP contribution in [0.15, 0.2) is 61.4 Å². The lowest BCUT2D eigenvalue weighted by Crippen LogP contribution is -2.46. The molecule has 0 atom stereocenters. The molecular formula is C27H29N7O2. The van der Waals surface area contributed by atoms with E-state index in [1.165, 1.54) is 0 Å². The molecule has 36 heavy (non-hydrogen) atoms. The SMILES string of the molecule is Cn1cc(-c2cccc(-c3ncc(-c4cnn(C5CCN(C(=O)C6CC(O)C6)CC5)c4)cn3)c2)cn1. The van der Waals surface area contributed by atoms with Crippen molar-refractivity contribution in [2.45, 2.75) is 37.8 Å². The average Bonchev–Trinajstić information content (AvgIpc) is 3.57. The second kappa shape index (κ2) is 9.31. The molecule has 2 fully saturated rings.